The van der Waals surface area contributed by atoms with Crippen LogP contribution in [0.3, 0.4) is 0 Å². The molecule has 2 aromatic carbocycles. The van der Waals surface area contributed by atoms with Gasteiger partial charge in [0.05, 0.1) is 11.0 Å². The molecule has 7 nitrogen and oxygen atoms in total. The van der Waals surface area contributed by atoms with E-state index < -0.39 is 0 Å². The van der Waals surface area contributed by atoms with Gasteiger partial charge in [-0.3, -0.25) is 4.79 Å². The topological polar surface area (TPSA) is 79.5 Å². The number of rotatable bonds is 5. The maximum Gasteiger partial charge on any atom is 0.251 e. The number of benzene rings is 2. The number of hydrogen-bond acceptors (Lipinski definition) is 5. The van der Waals surface area contributed by atoms with Crippen molar-refractivity contribution < 1.29 is 14.3 Å². The molecule has 0 spiro atoms. The predicted molar refractivity (Wildman–Crippen MR) is 123 cm³/mol. The van der Waals surface area contributed by atoms with Gasteiger partial charge in [-0.1, -0.05) is 12.5 Å². The number of carbonyl (C=O) groups excluding carboxylic acids is 1. The first-order chi connectivity index (χ1) is 15.5. The van der Waals surface area contributed by atoms with E-state index in [1.165, 1.54) is 5.56 Å². The van der Waals surface area contributed by atoms with E-state index in [1.807, 2.05) is 6.07 Å². The van der Waals surface area contributed by atoms with E-state index in [9.17, 15) is 4.79 Å². The van der Waals surface area contributed by atoms with Crippen LogP contribution >= 0.6 is 0 Å². The summed E-state index contributed by atoms with van der Waals surface area (Å²) in [7, 11) is 4.15. The van der Waals surface area contributed by atoms with Gasteiger partial charge < -0.3 is 24.7 Å². The van der Waals surface area contributed by atoms with Crippen LogP contribution in [0.5, 0.6) is 11.5 Å². The molecule has 3 aromatic rings. The summed E-state index contributed by atoms with van der Waals surface area (Å²) < 4.78 is 11.2. The van der Waals surface area contributed by atoms with Crippen molar-refractivity contribution in [2.75, 3.05) is 27.3 Å². The number of fused-ring (bicyclic) bond motifs is 2. The largest absolute Gasteiger partial charge is 0.486 e. The standard InChI is InChI=1S/C25H30N4O3/c1-29(2)15-16-6-8-20-21(12-16)28-24(27-20)17-4-3-5-19(13-17)26-25(30)18-7-9-22-23(14-18)32-11-10-31-22/h6-9,12,14,17,19H,3-5,10-11,13,15H2,1-2H3,(H,26,30)(H,27,28). The zero-order chi connectivity index (χ0) is 22.1. The molecular formula is C25H30N4O3. The molecule has 5 rings (SSSR count). The molecule has 2 atom stereocenters. The van der Waals surface area contributed by atoms with E-state index in [-0.39, 0.29) is 11.9 Å². The van der Waals surface area contributed by atoms with E-state index in [0.29, 0.717) is 36.2 Å². The fraction of sp³-hybridized carbons (Fsp3) is 0.440. The molecule has 168 valence electrons. The lowest BCUT2D eigenvalue weighted by Crippen LogP contribution is -2.38. The quantitative estimate of drug-likeness (QED) is 0.638. The second-order valence-electron chi connectivity index (χ2n) is 9.10. The highest BCUT2D eigenvalue weighted by molar-refractivity contribution is 5.95. The third-order valence-corrected chi connectivity index (χ3v) is 6.26. The van der Waals surface area contributed by atoms with Crippen molar-refractivity contribution in [3.63, 3.8) is 0 Å². The normalized spacial score (nSPS) is 20.5. The average molecular weight is 435 g/mol. The van der Waals surface area contributed by atoms with Crippen LogP contribution in [-0.2, 0) is 6.54 Å². The van der Waals surface area contributed by atoms with Gasteiger partial charge >= 0.3 is 0 Å². The van der Waals surface area contributed by atoms with E-state index in [4.69, 9.17) is 14.5 Å². The van der Waals surface area contributed by atoms with Gasteiger partial charge in [0.1, 0.15) is 19.0 Å². The maximum absolute atomic E-state index is 12.9. The third-order valence-electron chi connectivity index (χ3n) is 6.26. The number of ether oxygens (including phenoxy) is 2. The van der Waals surface area contributed by atoms with Crippen molar-refractivity contribution in [3.05, 3.63) is 53.3 Å². The van der Waals surface area contributed by atoms with Crippen LogP contribution in [0.25, 0.3) is 11.0 Å². The Balaban J connectivity index is 1.26. The number of amides is 1. The third kappa shape index (κ3) is 4.43. The molecule has 0 saturated heterocycles. The van der Waals surface area contributed by atoms with Crippen LogP contribution < -0.4 is 14.8 Å². The molecule has 1 aromatic heterocycles. The Morgan fingerprint density at radius 2 is 1.97 bits per heavy atom. The second-order valence-corrected chi connectivity index (χ2v) is 9.10. The van der Waals surface area contributed by atoms with Crippen molar-refractivity contribution >= 4 is 16.9 Å². The summed E-state index contributed by atoms with van der Waals surface area (Å²) in [6.07, 6.45) is 4.03. The molecule has 1 aliphatic carbocycles. The lowest BCUT2D eigenvalue weighted by Gasteiger charge is -2.29. The van der Waals surface area contributed by atoms with Crippen molar-refractivity contribution in [1.29, 1.82) is 0 Å². The summed E-state index contributed by atoms with van der Waals surface area (Å²) in [5.41, 5.74) is 3.96. The minimum absolute atomic E-state index is 0.0643. The Labute approximate surface area is 188 Å². The zero-order valence-electron chi connectivity index (χ0n) is 18.7. The van der Waals surface area contributed by atoms with Gasteiger partial charge in [-0.25, -0.2) is 4.98 Å². The fourth-order valence-corrected chi connectivity index (χ4v) is 4.76. The van der Waals surface area contributed by atoms with Gasteiger partial charge in [0.2, 0.25) is 0 Å². The van der Waals surface area contributed by atoms with Gasteiger partial charge in [0, 0.05) is 24.1 Å². The first-order valence-electron chi connectivity index (χ1n) is 11.4. The molecule has 2 aliphatic rings. The molecule has 1 aliphatic heterocycles. The van der Waals surface area contributed by atoms with E-state index in [0.717, 1.165) is 49.1 Å². The molecule has 2 heterocycles. The number of imidazole rings is 1. The Bertz CT molecular complexity index is 1120. The SMILES string of the molecule is CN(C)Cc1ccc2nc(C3CCCC(NC(=O)c4ccc5c(c4)OCCO5)C3)[nH]c2c1. The van der Waals surface area contributed by atoms with Gasteiger partial charge in [-0.2, -0.15) is 0 Å². The van der Waals surface area contributed by atoms with E-state index in [2.05, 4.69) is 47.5 Å². The Hall–Kier alpha value is -3.06. The van der Waals surface area contributed by atoms with Gasteiger partial charge in [-0.15, -0.1) is 0 Å². The summed E-state index contributed by atoms with van der Waals surface area (Å²) in [5, 5.41) is 3.22. The van der Waals surface area contributed by atoms with Crippen molar-refractivity contribution in [3.8, 4) is 11.5 Å². The summed E-state index contributed by atoms with van der Waals surface area (Å²) in [6.45, 7) is 1.96. The lowest BCUT2D eigenvalue weighted by atomic mass is 9.85. The number of H-pyrrole nitrogens is 1. The predicted octanol–water partition coefficient (Wildman–Crippen LogP) is 3.85. The number of nitrogens with one attached hydrogen (secondary N) is 2. The Morgan fingerprint density at radius 3 is 2.81 bits per heavy atom. The lowest BCUT2D eigenvalue weighted by molar-refractivity contribution is 0.0923. The highest BCUT2D eigenvalue weighted by Gasteiger charge is 2.27. The molecule has 7 heteroatoms. The molecule has 2 unspecified atom stereocenters. The summed E-state index contributed by atoms with van der Waals surface area (Å²) in [5.74, 6) is 2.62. The second kappa shape index (κ2) is 8.82. The minimum atomic E-state index is -0.0643. The van der Waals surface area contributed by atoms with Gasteiger partial charge in [0.15, 0.2) is 11.5 Å². The molecule has 2 N–H and O–H groups in total. The Morgan fingerprint density at radius 1 is 1.12 bits per heavy atom. The average Bonchev–Trinajstić information content (AvgIpc) is 3.22. The van der Waals surface area contributed by atoms with Crippen LogP contribution in [0.1, 0.15) is 53.3 Å². The number of hydrogen-bond donors (Lipinski definition) is 2. The van der Waals surface area contributed by atoms with E-state index in [1.54, 1.807) is 12.1 Å². The highest BCUT2D eigenvalue weighted by atomic mass is 16.6. The number of aromatic nitrogens is 2. The van der Waals surface area contributed by atoms with Gasteiger partial charge in [-0.05, 0) is 69.3 Å². The summed E-state index contributed by atoms with van der Waals surface area (Å²) >= 11 is 0. The molecule has 0 bridgehead atoms. The van der Waals surface area contributed by atoms with Crippen molar-refractivity contribution in [1.82, 2.24) is 20.2 Å². The summed E-state index contributed by atoms with van der Waals surface area (Å²) in [6, 6.07) is 11.9. The minimum Gasteiger partial charge on any atom is -0.486 e. The number of carbonyl (C=O) groups is 1. The van der Waals surface area contributed by atoms with Crippen LogP contribution in [0, 0.1) is 0 Å². The smallest absolute Gasteiger partial charge is 0.251 e. The Kier molecular flexibility index (Phi) is 5.74. The van der Waals surface area contributed by atoms with Crippen LogP contribution in [0.4, 0.5) is 0 Å². The monoisotopic (exact) mass is 434 g/mol. The van der Waals surface area contributed by atoms with Crippen molar-refractivity contribution in [2.24, 2.45) is 0 Å². The number of nitrogens with zero attached hydrogens (tertiary/aromatic N) is 2. The zero-order valence-corrected chi connectivity index (χ0v) is 18.7. The molecule has 1 amide bonds. The van der Waals surface area contributed by atoms with Crippen LogP contribution in [-0.4, -0.2) is 54.1 Å². The number of aromatic amines is 1. The maximum atomic E-state index is 12.9. The van der Waals surface area contributed by atoms with Crippen molar-refractivity contribution in [2.45, 2.75) is 44.2 Å². The highest BCUT2D eigenvalue weighted by Crippen LogP contribution is 2.34. The fourth-order valence-electron chi connectivity index (χ4n) is 4.76. The molecule has 32 heavy (non-hydrogen) atoms. The molecule has 0 radical (unpaired) electrons. The molecule has 1 saturated carbocycles. The van der Waals surface area contributed by atoms with Gasteiger partial charge in [0.25, 0.3) is 5.91 Å². The van der Waals surface area contributed by atoms with Crippen LogP contribution in [0.2, 0.25) is 0 Å². The summed E-state index contributed by atoms with van der Waals surface area (Å²) in [4.78, 5) is 23.4. The first-order valence-corrected chi connectivity index (χ1v) is 11.4. The van der Waals surface area contributed by atoms with E-state index >= 15 is 0 Å². The first kappa shape index (κ1) is 20.8. The van der Waals surface area contributed by atoms with Crippen LogP contribution in [0.15, 0.2) is 36.4 Å². The molecule has 1 fully saturated rings. The molecular weight excluding hydrogens is 404 g/mol.